The van der Waals surface area contributed by atoms with Crippen LogP contribution in [0.5, 0.6) is 5.75 Å². The van der Waals surface area contributed by atoms with Crippen LogP contribution in [-0.4, -0.2) is 77.5 Å². The second-order valence-corrected chi connectivity index (χ2v) is 13.2. The fraction of sp³-hybridized carbons (Fsp3) is 0.412. The predicted molar refractivity (Wildman–Crippen MR) is 171 cm³/mol. The molecule has 2 unspecified atom stereocenters. The highest BCUT2D eigenvalue weighted by Crippen LogP contribution is 2.34. The Morgan fingerprint density at radius 1 is 0.978 bits per heavy atom. The van der Waals surface area contributed by atoms with Crippen LogP contribution in [0.4, 0.5) is 15.0 Å². The third-order valence-electron chi connectivity index (χ3n) is 8.37. The van der Waals surface area contributed by atoms with Crippen molar-refractivity contribution in [3.05, 3.63) is 88.8 Å². The van der Waals surface area contributed by atoms with Crippen LogP contribution in [0.25, 0.3) is 0 Å². The van der Waals surface area contributed by atoms with Crippen LogP contribution >= 0.6 is 11.6 Å². The molecule has 0 bridgehead atoms. The number of nitrogens with zero attached hydrogens (tertiary/aromatic N) is 4. The molecule has 2 saturated heterocycles. The molecule has 5 rings (SSSR count). The maximum Gasteiger partial charge on any atom is 0.415 e. The number of anilines is 1. The van der Waals surface area contributed by atoms with Crippen molar-refractivity contribution in [1.82, 2.24) is 20.1 Å². The van der Waals surface area contributed by atoms with E-state index in [4.69, 9.17) is 16.3 Å². The average Bonchev–Trinajstić information content (AvgIpc) is 3.46. The number of piperidine rings is 1. The second kappa shape index (κ2) is 13.4. The molecule has 2 aliphatic rings. The van der Waals surface area contributed by atoms with Crippen molar-refractivity contribution in [1.29, 1.82) is 0 Å². The zero-order chi connectivity index (χ0) is 32.3. The summed E-state index contributed by atoms with van der Waals surface area (Å²) in [5, 5.41) is 3.55. The lowest BCUT2D eigenvalue weighted by atomic mass is 9.93. The first-order valence-electron chi connectivity index (χ1n) is 15.2. The van der Waals surface area contributed by atoms with Crippen LogP contribution in [-0.2, 0) is 4.79 Å². The molecule has 11 heteroatoms. The van der Waals surface area contributed by atoms with Gasteiger partial charge in [-0.2, -0.15) is 0 Å². The van der Waals surface area contributed by atoms with E-state index in [2.05, 4.69) is 15.2 Å². The van der Waals surface area contributed by atoms with E-state index in [0.29, 0.717) is 49.6 Å². The third kappa shape index (κ3) is 7.92. The first-order valence-corrected chi connectivity index (χ1v) is 15.5. The Kier molecular flexibility index (Phi) is 9.62. The van der Waals surface area contributed by atoms with E-state index in [1.54, 1.807) is 19.3 Å². The number of likely N-dealkylation sites (tertiary alicyclic amines) is 1. The standard InChI is InChI=1S/C34H39ClFN5O4/c1-34(2,3)38-31(42)24-7-14-30(37-19-24)40-17-15-23(16-18-40)32(43)41-20-28(22-5-8-25(35)9-6-22)29(21-41)39(4)33(44)45-27-12-10-26(36)11-13-27/h5-14,19,23,28-29H,15-18,20-21H2,1-4H3,(H,38,42). The van der Waals surface area contributed by atoms with Gasteiger partial charge in [0.25, 0.3) is 5.91 Å². The molecule has 0 aliphatic carbocycles. The maximum absolute atomic E-state index is 13.8. The van der Waals surface area contributed by atoms with Crippen molar-refractivity contribution in [3.63, 3.8) is 0 Å². The molecule has 2 aliphatic heterocycles. The summed E-state index contributed by atoms with van der Waals surface area (Å²) in [5.41, 5.74) is 1.14. The first-order chi connectivity index (χ1) is 21.4. The molecule has 1 aromatic heterocycles. The average molecular weight is 636 g/mol. The number of hydrogen-bond donors (Lipinski definition) is 1. The molecule has 1 N–H and O–H groups in total. The summed E-state index contributed by atoms with van der Waals surface area (Å²) in [6.45, 7) is 7.94. The van der Waals surface area contributed by atoms with Gasteiger partial charge in [-0.3, -0.25) is 9.59 Å². The highest BCUT2D eigenvalue weighted by molar-refractivity contribution is 6.30. The van der Waals surface area contributed by atoms with Gasteiger partial charge in [-0.25, -0.2) is 14.2 Å². The molecule has 45 heavy (non-hydrogen) atoms. The molecule has 3 aromatic rings. The van der Waals surface area contributed by atoms with E-state index < -0.39 is 11.9 Å². The van der Waals surface area contributed by atoms with Crippen molar-refractivity contribution in [3.8, 4) is 5.75 Å². The Hall–Kier alpha value is -4.18. The second-order valence-electron chi connectivity index (χ2n) is 12.8. The SMILES string of the molecule is CN(C(=O)Oc1ccc(F)cc1)C1CN(C(=O)C2CCN(c3ccc(C(=O)NC(C)(C)C)cn3)CC2)CC1c1ccc(Cl)cc1. The van der Waals surface area contributed by atoms with E-state index in [9.17, 15) is 18.8 Å². The maximum atomic E-state index is 13.8. The van der Waals surface area contributed by atoms with Gasteiger partial charge in [0.05, 0.1) is 11.6 Å². The van der Waals surface area contributed by atoms with Gasteiger partial charge in [0.15, 0.2) is 0 Å². The number of amides is 3. The molecule has 9 nitrogen and oxygen atoms in total. The number of rotatable bonds is 6. The minimum atomic E-state index is -0.581. The summed E-state index contributed by atoms with van der Waals surface area (Å²) in [7, 11) is 1.66. The quantitative estimate of drug-likeness (QED) is 0.371. The van der Waals surface area contributed by atoms with Gasteiger partial charge in [-0.15, -0.1) is 0 Å². The fourth-order valence-electron chi connectivity index (χ4n) is 5.94. The van der Waals surface area contributed by atoms with Gasteiger partial charge >= 0.3 is 6.09 Å². The number of likely N-dealkylation sites (N-methyl/N-ethyl adjacent to an activating group) is 1. The van der Waals surface area contributed by atoms with Crippen LogP contribution in [0.2, 0.25) is 5.02 Å². The summed E-state index contributed by atoms with van der Waals surface area (Å²) in [6, 6.07) is 16.0. The minimum Gasteiger partial charge on any atom is -0.410 e. The van der Waals surface area contributed by atoms with Crippen LogP contribution in [0.15, 0.2) is 66.9 Å². The number of carbonyl (C=O) groups is 3. The molecular weight excluding hydrogens is 597 g/mol. The molecule has 2 fully saturated rings. The third-order valence-corrected chi connectivity index (χ3v) is 8.62. The largest absolute Gasteiger partial charge is 0.415 e. The van der Waals surface area contributed by atoms with Gasteiger partial charge in [0.1, 0.15) is 17.4 Å². The van der Waals surface area contributed by atoms with E-state index in [1.807, 2.05) is 56.0 Å². The van der Waals surface area contributed by atoms with Crippen molar-refractivity contribution < 1.29 is 23.5 Å². The number of benzene rings is 2. The highest BCUT2D eigenvalue weighted by atomic mass is 35.5. The molecule has 2 aromatic carbocycles. The number of halogens is 2. The zero-order valence-electron chi connectivity index (χ0n) is 26.0. The van der Waals surface area contributed by atoms with Gasteiger partial charge in [0.2, 0.25) is 5.91 Å². The monoisotopic (exact) mass is 635 g/mol. The van der Waals surface area contributed by atoms with Crippen molar-refractivity contribution in [2.75, 3.05) is 38.1 Å². The van der Waals surface area contributed by atoms with E-state index >= 15 is 0 Å². The molecule has 0 radical (unpaired) electrons. The number of hydrogen-bond acceptors (Lipinski definition) is 6. The van der Waals surface area contributed by atoms with E-state index in [-0.39, 0.29) is 41.0 Å². The molecule has 0 saturated carbocycles. The topological polar surface area (TPSA) is 95.1 Å². The number of pyridine rings is 1. The Bertz CT molecular complexity index is 1500. The van der Waals surface area contributed by atoms with Crippen molar-refractivity contribution >= 4 is 35.3 Å². The summed E-state index contributed by atoms with van der Waals surface area (Å²) in [4.78, 5) is 49.5. The molecule has 3 heterocycles. The van der Waals surface area contributed by atoms with Gasteiger partial charge in [-0.1, -0.05) is 23.7 Å². The lowest BCUT2D eigenvalue weighted by Gasteiger charge is -2.34. The first kappa shape index (κ1) is 32.2. The Labute approximate surface area is 268 Å². The smallest absolute Gasteiger partial charge is 0.410 e. The molecule has 2 atom stereocenters. The lowest BCUT2D eigenvalue weighted by molar-refractivity contribution is -0.135. The number of nitrogens with one attached hydrogen (secondary N) is 1. The Balaban J connectivity index is 1.23. The van der Waals surface area contributed by atoms with Crippen molar-refractivity contribution in [2.45, 2.75) is 51.1 Å². The van der Waals surface area contributed by atoms with Crippen LogP contribution < -0.4 is 15.0 Å². The highest BCUT2D eigenvalue weighted by Gasteiger charge is 2.42. The molecule has 3 amide bonds. The molecule has 238 valence electrons. The van der Waals surface area contributed by atoms with Crippen LogP contribution in [0.1, 0.15) is 55.5 Å². The summed E-state index contributed by atoms with van der Waals surface area (Å²) in [6.07, 6.45) is 2.35. The summed E-state index contributed by atoms with van der Waals surface area (Å²) in [5.74, 6) is 0.204. The normalized spacial score (nSPS) is 18.9. The minimum absolute atomic E-state index is 0.0681. The van der Waals surface area contributed by atoms with E-state index in [1.165, 1.54) is 29.2 Å². The summed E-state index contributed by atoms with van der Waals surface area (Å²) >= 11 is 6.15. The van der Waals surface area contributed by atoms with Gasteiger partial charge < -0.3 is 24.8 Å². The molecular formula is C34H39ClFN5O4. The predicted octanol–water partition coefficient (Wildman–Crippen LogP) is 5.74. The Morgan fingerprint density at radius 2 is 1.64 bits per heavy atom. The fourth-order valence-corrected chi connectivity index (χ4v) is 6.07. The lowest BCUT2D eigenvalue weighted by Crippen LogP contribution is -2.45. The van der Waals surface area contributed by atoms with Crippen molar-refractivity contribution in [2.24, 2.45) is 5.92 Å². The van der Waals surface area contributed by atoms with Crippen LogP contribution in [0, 0.1) is 11.7 Å². The van der Waals surface area contributed by atoms with Gasteiger partial charge in [0, 0.05) is 61.8 Å². The molecule has 0 spiro atoms. The van der Waals surface area contributed by atoms with Crippen LogP contribution in [0.3, 0.4) is 0 Å². The number of carbonyl (C=O) groups excluding carboxylic acids is 3. The Morgan fingerprint density at radius 3 is 2.24 bits per heavy atom. The van der Waals surface area contributed by atoms with E-state index in [0.717, 1.165) is 11.4 Å². The van der Waals surface area contributed by atoms with Gasteiger partial charge in [-0.05, 0) is 87.7 Å². The number of aromatic nitrogens is 1. The number of ether oxygens (including phenoxy) is 1. The summed E-state index contributed by atoms with van der Waals surface area (Å²) < 4.78 is 18.9. The zero-order valence-corrected chi connectivity index (χ0v) is 26.8.